The molecule has 10 nitrogen and oxygen atoms in total. The van der Waals surface area contributed by atoms with Gasteiger partial charge in [-0.3, -0.25) is 18.6 Å². The molecule has 0 heterocycles. The predicted octanol–water partition coefficient (Wildman–Crippen LogP) is 15.5. The highest BCUT2D eigenvalue weighted by Gasteiger charge is 2.27. The highest BCUT2D eigenvalue weighted by molar-refractivity contribution is 7.47. The summed E-state index contributed by atoms with van der Waals surface area (Å²) in [7, 11) is -4.63. The van der Waals surface area contributed by atoms with Gasteiger partial charge in [-0.2, -0.15) is 0 Å². The van der Waals surface area contributed by atoms with Gasteiger partial charge in [-0.05, 0) is 32.1 Å². The third-order valence-electron chi connectivity index (χ3n) is 12.2. The van der Waals surface area contributed by atoms with Gasteiger partial charge < -0.3 is 24.6 Å². The van der Waals surface area contributed by atoms with Crippen LogP contribution in [0.15, 0.2) is 12.2 Å². The zero-order valence-electron chi connectivity index (χ0n) is 41.8. The number of phosphoric ester groups is 1. The first kappa shape index (κ1) is 62.7. The van der Waals surface area contributed by atoms with Crippen molar-refractivity contribution in [3.8, 4) is 0 Å². The molecule has 0 aliphatic rings. The van der Waals surface area contributed by atoms with Crippen LogP contribution in [-0.4, -0.2) is 65.7 Å². The van der Waals surface area contributed by atoms with Gasteiger partial charge in [0.1, 0.15) is 12.7 Å². The molecule has 0 aromatic heterocycles. The van der Waals surface area contributed by atoms with E-state index in [1.807, 2.05) is 0 Å². The van der Waals surface area contributed by atoms with Gasteiger partial charge in [0.05, 0.1) is 19.8 Å². The number of unbranched alkanes of at least 4 members (excludes halogenated alkanes) is 36. The Morgan fingerprint density at radius 3 is 1.17 bits per heavy atom. The number of aliphatic hydroxyl groups is 2. The van der Waals surface area contributed by atoms with Crippen LogP contribution in [0.2, 0.25) is 0 Å². The van der Waals surface area contributed by atoms with Crippen LogP contribution in [0, 0.1) is 0 Å². The van der Waals surface area contributed by atoms with Gasteiger partial charge in [0.15, 0.2) is 6.10 Å². The second-order valence-corrected chi connectivity index (χ2v) is 20.1. The SMILES string of the molecule is CCCCCCCCCCCCCCCCCCCC/C=C/CCCC(=O)O[C@H](COC(=O)CCCCCCCCCCCCCCCCCCCC)COP(=O)(O)OC[C@@H](O)CO. The van der Waals surface area contributed by atoms with Crippen LogP contribution >= 0.6 is 7.82 Å². The first-order valence-electron chi connectivity index (χ1n) is 27.1. The van der Waals surface area contributed by atoms with Crippen LogP contribution in [0.3, 0.4) is 0 Å². The molecule has 0 saturated heterocycles. The first-order valence-corrected chi connectivity index (χ1v) is 28.6. The maximum atomic E-state index is 12.7. The van der Waals surface area contributed by atoms with Gasteiger partial charge in [-0.1, -0.05) is 244 Å². The lowest BCUT2D eigenvalue weighted by atomic mass is 10.0. The standard InChI is InChI=1S/C53H103O10P/c1-3-5-7-9-11-13-15-17-19-21-23-24-25-26-27-29-31-33-35-37-39-41-43-45-53(57)63-51(49-62-64(58,59)61-47-50(55)46-54)48-60-52(56)44-42-40-38-36-34-32-30-28-22-20-18-16-14-12-10-8-6-4-2/h37,39,50-51,54-55H,3-36,38,40-49H2,1-2H3,(H,58,59)/b39-37+/t50-,51+/m0/s1. The van der Waals surface area contributed by atoms with E-state index in [1.54, 1.807) is 0 Å². The molecule has 0 spiro atoms. The van der Waals surface area contributed by atoms with Crippen LogP contribution in [0.5, 0.6) is 0 Å². The van der Waals surface area contributed by atoms with Gasteiger partial charge in [0.2, 0.25) is 0 Å². The number of ether oxygens (including phenoxy) is 2. The number of carbonyl (C=O) groups excluding carboxylic acids is 2. The number of hydrogen-bond donors (Lipinski definition) is 3. The number of rotatable bonds is 52. The summed E-state index contributed by atoms with van der Waals surface area (Å²) < 4.78 is 32.9. The van der Waals surface area contributed by atoms with E-state index < -0.39 is 51.8 Å². The zero-order chi connectivity index (χ0) is 46.9. The summed E-state index contributed by atoms with van der Waals surface area (Å²) in [5, 5.41) is 18.4. The Labute approximate surface area is 394 Å². The monoisotopic (exact) mass is 931 g/mol. The minimum absolute atomic E-state index is 0.142. The number of aliphatic hydroxyl groups excluding tert-OH is 2. The van der Waals surface area contributed by atoms with Crippen molar-refractivity contribution in [3.63, 3.8) is 0 Å². The number of allylic oxidation sites excluding steroid dienone is 2. The van der Waals surface area contributed by atoms with E-state index in [9.17, 15) is 24.2 Å². The lowest BCUT2D eigenvalue weighted by molar-refractivity contribution is -0.161. The van der Waals surface area contributed by atoms with Crippen molar-refractivity contribution in [1.82, 2.24) is 0 Å². The zero-order valence-corrected chi connectivity index (χ0v) is 42.7. The van der Waals surface area contributed by atoms with Crippen LogP contribution in [0.4, 0.5) is 0 Å². The van der Waals surface area contributed by atoms with Crippen molar-refractivity contribution in [2.75, 3.05) is 26.4 Å². The van der Waals surface area contributed by atoms with Crippen molar-refractivity contribution in [1.29, 1.82) is 0 Å². The molecule has 0 rings (SSSR count). The van der Waals surface area contributed by atoms with Crippen molar-refractivity contribution >= 4 is 19.8 Å². The fraction of sp³-hybridized carbons (Fsp3) is 0.925. The Morgan fingerprint density at radius 2 is 0.781 bits per heavy atom. The highest BCUT2D eigenvalue weighted by Crippen LogP contribution is 2.43. The summed E-state index contributed by atoms with van der Waals surface area (Å²) >= 11 is 0. The molecule has 3 atom stereocenters. The summed E-state index contributed by atoms with van der Waals surface area (Å²) in [5.41, 5.74) is 0. The minimum atomic E-state index is -4.63. The van der Waals surface area contributed by atoms with Crippen LogP contribution in [-0.2, 0) is 32.7 Å². The molecule has 3 N–H and O–H groups in total. The maximum absolute atomic E-state index is 12.7. The van der Waals surface area contributed by atoms with E-state index in [0.717, 1.165) is 32.1 Å². The molecule has 0 aromatic rings. The van der Waals surface area contributed by atoms with Crippen LogP contribution in [0.25, 0.3) is 0 Å². The molecule has 0 amide bonds. The second kappa shape index (κ2) is 49.6. The molecule has 0 aliphatic heterocycles. The third-order valence-corrected chi connectivity index (χ3v) is 13.1. The van der Waals surface area contributed by atoms with E-state index in [-0.39, 0.29) is 19.4 Å². The first-order chi connectivity index (χ1) is 31.2. The average Bonchev–Trinajstić information content (AvgIpc) is 3.28. The minimum Gasteiger partial charge on any atom is -0.462 e. The van der Waals surface area contributed by atoms with Gasteiger partial charge >= 0.3 is 19.8 Å². The molecule has 64 heavy (non-hydrogen) atoms. The van der Waals surface area contributed by atoms with Gasteiger partial charge in [0, 0.05) is 12.8 Å². The van der Waals surface area contributed by atoms with E-state index in [1.165, 1.54) is 205 Å². The summed E-state index contributed by atoms with van der Waals surface area (Å²) in [6.45, 7) is 2.42. The Balaban J connectivity index is 4.13. The van der Waals surface area contributed by atoms with Crippen molar-refractivity contribution in [2.45, 2.75) is 289 Å². The fourth-order valence-electron chi connectivity index (χ4n) is 8.00. The van der Waals surface area contributed by atoms with Crippen molar-refractivity contribution < 1.29 is 47.8 Å². The smallest absolute Gasteiger partial charge is 0.462 e. The Kier molecular flexibility index (Phi) is 48.6. The van der Waals surface area contributed by atoms with E-state index in [2.05, 4.69) is 26.0 Å². The van der Waals surface area contributed by atoms with Gasteiger partial charge in [0.25, 0.3) is 0 Å². The molecule has 380 valence electrons. The van der Waals surface area contributed by atoms with E-state index in [4.69, 9.17) is 23.6 Å². The molecule has 11 heteroatoms. The summed E-state index contributed by atoms with van der Waals surface area (Å²) in [6.07, 6.45) is 52.0. The number of carbonyl (C=O) groups is 2. The number of phosphoric acid groups is 1. The van der Waals surface area contributed by atoms with Crippen molar-refractivity contribution in [2.24, 2.45) is 0 Å². The van der Waals surface area contributed by atoms with E-state index >= 15 is 0 Å². The second-order valence-electron chi connectivity index (χ2n) is 18.6. The largest absolute Gasteiger partial charge is 0.472 e. The molecule has 0 saturated carbocycles. The number of hydrogen-bond acceptors (Lipinski definition) is 9. The van der Waals surface area contributed by atoms with E-state index in [0.29, 0.717) is 12.8 Å². The van der Waals surface area contributed by atoms with Crippen molar-refractivity contribution in [3.05, 3.63) is 12.2 Å². The molecule has 0 bridgehead atoms. The van der Waals surface area contributed by atoms with Gasteiger partial charge in [-0.15, -0.1) is 0 Å². The topological polar surface area (TPSA) is 149 Å². The lowest BCUT2D eigenvalue weighted by Crippen LogP contribution is -2.29. The summed E-state index contributed by atoms with van der Waals surface area (Å²) in [4.78, 5) is 35.2. The van der Waals surface area contributed by atoms with Crippen LogP contribution < -0.4 is 0 Å². The fourth-order valence-corrected chi connectivity index (χ4v) is 8.79. The normalized spacial score (nSPS) is 13.6. The predicted molar refractivity (Wildman–Crippen MR) is 265 cm³/mol. The summed E-state index contributed by atoms with van der Waals surface area (Å²) in [5.74, 6) is -0.943. The molecule has 0 radical (unpaired) electrons. The maximum Gasteiger partial charge on any atom is 0.472 e. The average molecular weight is 931 g/mol. The molecular formula is C53H103O10P. The Bertz CT molecular complexity index is 1070. The third kappa shape index (κ3) is 48.6. The van der Waals surface area contributed by atoms with Crippen LogP contribution in [0.1, 0.15) is 277 Å². The Morgan fingerprint density at radius 1 is 0.453 bits per heavy atom. The molecule has 0 aromatic carbocycles. The molecule has 0 fully saturated rings. The summed E-state index contributed by atoms with van der Waals surface area (Å²) in [6, 6.07) is 0. The quantitative estimate of drug-likeness (QED) is 0.0233. The molecular weight excluding hydrogens is 828 g/mol. The van der Waals surface area contributed by atoms with Gasteiger partial charge in [-0.25, -0.2) is 4.57 Å². The molecule has 1 unspecified atom stereocenters. The highest BCUT2D eigenvalue weighted by atomic mass is 31.2. The Hall–Kier alpha value is -1.29. The molecule has 0 aliphatic carbocycles. The number of esters is 2. The lowest BCUT2D eigenvalue weighted by Gasteiger charge is -2.20.